The smallest absolute Gasteiger partial charge is 0.338 e. The third kappa shape index (κ3) is 2.38. The van der Waals surface area contributed by atoms with Crippen LogP contribution in [0.5, 0.6) is 0 Å². The van der Waals surface area contributed by atoms with Crippen molar-refractivity contribution in [2.75, 3.05) is 6.61 Å². The molecular weight excluding hydrogens is 216 g/mol. The van der Waals surface area contributed by atoms with Crippen molar-refractivity contribution in [2.24, 2.45) is 0 Å². The van der Waals surface area contributed by atoms with E-state index in [1.165, 1.54) is 0 Å². The molecule has 0 N–H and O–H groups in total. The molecule has 2 aromatic rings. The van der Waals surface area contributed by atoms with Gasteiger partial charge < -0.3 is 9.15 Å². The summed E-state index contributed by atoms with van der Waals surface area (Å²) in [5.74, 6) is 0.513. The number of furan rings is 1. The van der Waals surface area contributed by atoms with E-state index in [-0.39, 0.29) is 5.97 Å². The van der Waals surface area contributed by atoms with E-state index in [9.17, 15) is 4.79 Å². The van der Waals surface area contributed by atoms with Crippen molar-refractivity contribution in [3.8, 4) is 11.3 Å². The Kier molecular flexibility index (Phi) is 3.28. The molecule has 0 fully saturated rings. The zero-order valence-corrected chi connectivity index (χ0v) is 9.90. The number of aryl methyl sites for hydroxylation is 1. The normalized spacial score (nSPS) is 10.2. The Hall–Kier alpha value is -2.03. The monoisotopic (exact) mass is 230 g/mol. The second-order valence-electron chi connectivity index (χ2n) is 3.73. The van der Waals surface area contributed by atoms with Gasteiger partial charge in [-0.3, -0.25) is 0 Å². The summed E-state index contributed by atoms with van der Waals surface area (Å²) in [7, 11) is 0. The lowest BCUT2D eigenvalue weighted by Crippen LogP contribution is -2.06. The first kappa shape index (κ1) is 11.5. The van der Waals surface area contributed by atoms with Crippen molar-refractivity contribution >= 4 is 5.97 Å². The fraction of sp³-hybridized carbons (Fsp3) is 0.214. The highest BCUT2D eigenvalue weighted by molar-refractivity contribution is 5.91. The quantitative estimate of drug-likeness (QED) is 0.758. The van der Waals surface area contributed by atoms with Gasteiger partial charge in [-0.05, 0) is 43.7 Å². The molecule has 3 nitrogen and oxygen atoms in total. The number of esters is 1. The lowest BCUT2D eigenvalue weighted by atomic mass is 10.0. The molecule has 2 rings (SSSR count). The number of hydrogen-bond donors (Lipinski definition) is 0. The Morgan fingerprint density at radius 3 is 2.76 bits per heavy atom. The number of ether oxygens (including phenoxy) is 1. The second kappa shape index (κ2) is 4.87. The molecule has 3 heteroatoms. The van der Waals surface area contributed by atoms with Crippen LogP contribution in [0.2, 0.25) is 0 Å². The molecule has 88 valence electrons. The Bertz CT molecular complexity index is 512. The van der Waals surface area contributed by atoms with Crippen LogP contribution in [0.3, 0.4) is 0 Å². The molecule has 0 aliphatic carbocycles. The molecule has 17 heavy (non-hydrogen) atoms. The zero-order chi connectivity index (χ0) is 12.3. The Morgan fingerprint density at radius 2 is 2.18 bits per heavy atom. The van der Waals surface area contributed by atoms with Crippen LogP contribution in [0.1, 0.15) is 22.8 Å². The predicted molar refractivity (Wildman–Crippen MR) is 64.8 cm³/mol. The van der Waals surface area contributed by atoms with Crippen LogP contribution in [-0.2, 0) is 4.74 Å². The minimum absolute atomic E-state index is 0.281. The van der Waals surface area contributed by atoms with Crippen molar-refractivity contribution in [2.45, 2.75) is 13.8 Å². The minimum Gasteiger partial charge on any atom is -0.464 e. The molecule has 0 spiro atoms. The highest BCUT2D eigenvalue weighted by Gasteiger charge is 2.11. The van der Waals surface area contributed by atoms with E-state index in [0.717, 1.165) is 16.9 Å². The van der Waals surface area contributed by atoms with Gasteiger partial charge in [0.2, 0.25) is 0 Å². The summed E-state index contributed by atoms with van der Waals surface area (Å²) in [5.41, 5.74) is 2.44. The van der Waals surface area contributed by atoms with Gasteiger partial charge in [-0.2, -0.15) is 0 Å². The summed E-state index contributed by atoms with van der Waals surface area (Å²) in [6.07, 6.45) is 1.63. The SMILES string of the molecule is CCOC(=O)c1ccc(-c2ccco2)cc1C. The predicted octanol–water partition coefficient (Wildman–Crippen LogP) is 3.43. The van der Waals surface area contributed by atoms with E-state index in [2.05, 4.69) is 0 Å². The molecule has 0 atom stereocenters. The molecule has 0 aliphatic rings. The number of rotatable bonds is 3. The topological polar surface area (TPSA) is 39.4 Å². The Morgan fingerprint density at radius 1 is 1.35 bits per heavy atom. The average Bonchev–Trinajstić information content (AvgIpc) is 2.82. The first-order chi connectivity index (χ1) is 8.22. The lowest BCUT2D eigenvalue weighted by Gasteiger charge is -2.06. The number of benzene rings is 1. The molecule has 0 amide bonds. The highest BCUT2D eigenvalue weighted by atomic mass is 16.5. The summed E-state index contributed by atoms with van der Waals surface area (Å²) in [5, 5.41) is 0. The van der Waals surface area contributed by atoms with Crippen molar-refractivity contribution in [1.29, 1.82) is 0 Å². The number of hydrogen-bond acceptors (Lipinski definition) is 3. The number of carbonyl (C=O) groups is 1. The van der Waals surface area contributed by atoms with Gasteiger partial charge >= 0.3 is 5.97 Å². The fourth-order valence-corrected chi connectivity index (χ4v) is 1.70. The third-order valence-electron chi connectivity index (χ3n) is 2.53. The van der Waals surface area contributed by atoms with Crippen LogP contribution in [0.25, 0.3) is 11.3 Å². The number of carbonyl (C=O) groups excluding carboxylic acids is 1. The van der Waals surface area contributed by atoms with Gasteiger partial charge in [-0.15, -0.1) is 0 Å². The second-order valence-corrected chi connectivity index (χ2v) is 3.73. The van der Waals surface area contributed by atoms with E-state index < -0.39 is 0 Å². The molecule has 0 saturated heterocycles. The van der Waals surface area contributed by atoms with Gasteiger partial charge in [0.05, 0.1) is 18.4 Å². The highest BCUT2D eigenvalue weighted by Crippen LogP contribution is 2.23. The summed E-state index contributed by atoms with van der Waals surface area (Å²) < 4.78 is 10.3. The summed E-state index contributed by atoms with van der Waals surface area (Å²) in [4.78, 5) is 11.6. The van der Waals surface area contributed by atoms with Crippen molar-refractivity contribution in [3.05, 3.63) is 47.7 Å². The summed E-state index contributed by atoms with van der Waals surface area (Å²) in [6, 6.07) is 9.27. The first-order valence-electron chi connectivity index (χ1n) is 5.54. The van der Waals surface area contributed by atoms with E-state index in [0.29, 0.717) is 12.2 Å². The molecule has 0 unspecified atom stereocenters. The maximum atomic E-state index is 11.6. The van der Waals surface area contributed by atoms with Crippen LogP contribution >= 0.6 is 0 Å². The Labute approximate surface area is 100 Å². The molecule has 0 aliphatic heterocycles. The van der Waals surface area contributed by atoms with Crippen molar-refractivity contribution in [3.63, 3.8) is 0 Å². The van der Waals surface area contributed by atoms with Gasteiger partial charge in [0.25, 0.3) is 0 Å². The third-order valence-corrected chi connectivity index (χ3v) is 2.53. The van der Waals surface area contributed by atoms with Crippen LogP contribution < -0.4 is 0 Å². The molecule has 1 heterocycles. The molecule has 1 aromatic carbocycles. The summed E-state index contributed by atoms with van der Waals surface area (Å²) >= 11 is 0. The van der Waals surface area contributed by atoms with Crippen molar-refractivity contribution < 1.29 is 13.9 Å². The van der Waals surface area contributed by atoms with Gasteiger partial charge in [0, 0.05) is 5.56 Å². The van der Waals surface area contributed by atoms with E-state index in [1.807, 2.05) is 31.2 Å². The van der Waals surface area contributed by atoms with E-state index >= 15 is 0 Å². The first-order valence-corrected chi connectivity index (χ1v) is 5.54. The van der Waals surface area contributed by atoms with Gasteiger partial charge in [0.1, 0.15) is 5.76 Å². The van der Waals surface area contributed by atoms with Crippen LogP contribution in [-0.4, -0.2) is 12.6 Å². The van der Waals surface area contributed by atoms with Gasteiger partial charge in [-0.25, -0.2) is 4.79 Å². The maximum absolute atomic E-state index is 11.6. The fourth-order valence-electron chi connectivity index (χ4n) is 1.70. The standard InChI is InChI=1S/C14H14O3/c1-3-16-14(15)12-7-6-11(9-10(12)2)13-5-4-8-17-13/h4-9H,3H2,1-2H3. The maximum Gasteiger partial charge on any atom is 0.338 e. The van der Waals surface area contributed by atoms with Gasteiger partial charge in [0.15, 0.2) is 0 Å². The van der Waals surface area contributed by atoms with Crippen molar-refractivity contribution in [1.82, 2.24) is 0 Å². The molecule has 0 bridgehead atoms. The largest absolute Gasteiger partial charge is 0.464 e. The summed E-state index contributed by atoms with van der Waals surface area (Å²) in [6.45, 7) is 4.07. The molecule has 1 aromatic heterocycles. The average molecular weight is 230 g/mol. The molecule has 0 radical (unpaired) electrons. The van der Waals surface area contributed by atoms with Crippen LogP contribution in [0.15, 0.2) is 41.0 Å². The van der Waals surface area contributed by atoms with Gasteiger partial charge in [-0.1, -0.05) is 6.07 Å². The van der Waals surface area contributed by atoms with Crippen LogP contribution in [0, 0.1) is 6.92 Å². The molecular formula is C14H14O3. The minimum atomic E-state index is -0.281. The van der Waals surface area contributed by atoms with E-state index in [4.69, 9.17) is 9.15 Å². The van der Waals surface area contributed by atoms with E-state index in [1.54, 1.807) is 19.3 Å². The lowest BCUT2D eigenvalue weighted by molar-refractivity contribution is 0.0525. The van der Waals surface area contributed by atoms with Crippen LogP contribution in [0.4, 0.5) is 0 Å². The zero-order valence-electron chi connectivity index (χ0n) is 9.90. The molecule has 0 saturated carbocycles. The Balaban J connectivity index is 2.32.